The minimum absolute atomic E-state index is 0.00292. The Labute approximate surface area is 138 Å². The standard InChI is InChI=1S/C17H29NO3S/c1-5-8-12(4)22-13-10-15(19)17(16(20)11-13)14(9-6-2)18-21-7-3/h12-13,19H,5-11H2,1-4H3. The zero-order chi connectivity index (χ0) is 16.5. The first kappa shape index (κ1) is 19.1. The van der Waals surface area contributed by atoms with Crippen LogP contribution in [0.2, 0.25) is 0 Å². The van der Waals surface area contributed by atoms with E-state index in [9.17, 15) is 9.90 Å². The summed E-state index contributed by atoms with van der Waals surface area (Å²) < 4.78 is 0. The first-order chi connectivity index (χ1) is 10.5. The third kappa shape index (κ3) is 5.67. The van der Waals surface area contributed by atoms with Gasteiger partial charge in [-0.3, -0.25) is 4.79 Å². The van der Waals surface area contributed by atoms with Crippen molar-refractivity contribution in [3.05, 3.63) is 11.3 Å². The van der Waals surface area contributed by atoms with E-state index in [1.54, 1.807) is 0 Å². The summed E-state index contributed by atoms with van der Waals surface area (Å²) in [4.78, 5) is 17.6. The highest BCUT2D eigenvalue weighted by Crippen LogP contribution is 2.34. The molecule has 0 saturated heterocycles. The predicted octanol–water partition coefficient (Wildman–Crippen LogP) is 4.64. The summed E-state index contributed by atoms with van der Waals surface area (Å²) in [6.07, 6.45) is 4.82. The van der Waals surface area contributed by atoms with Gasteiger partial charge in [0.2, 0.25) is 0 Å². The van der Waals surface area contributed by atoms with Gasteiger partial charge in [0.15, 0.2) is 5.78 Å². The molecule has 0 heterocycles. The molecule has 22 heavy (non-hydrogen) atoms. The normalized spacial score (nSPS) is 21.2. The van der Waals surface area contributed by atoms with E-state index < -0.39 is 0 Å². The van der Waals surface area contributed by atoms with Crippen LogP contribution in [0.25, 0.3) is 0 Å². The molecule has 1 rings (SSSR count). The molecule has 0 bridgehead atoms. The lowest BCUT2D eigenvalue weighted by molar-refractivity contribution is -0.115. The van der Waals surface area contributed by atoms with Gasteiger partial charge in [-0.25, -0.2) is 0 Å². The SMILES string of the molecule is CCCC(=NOCC)C1=C(O)CC(SC(C)CCC)CC1=O. The lowest BCUT2D eigenvalue weighted by Crippen LogP contribution is -2.27. The van der Waals surface area contributed by atoms with Gasteiger partial charge in [0.05, 0.1) is 11.3 Å². The number of hydrogen-bond donors (Lipinski definition) is 1. The molecular formula is C17H29NO3S. The monoisotopic (exact) mass is 327 g/mol. The van der Waals surface area contributed by atoms with Gasteiger partial charge in [0.1, 0.15) is 12.4 Å². The molecule has 0 amide bonds. The molecule has 0 aliphatic heterocycles. The summed E-state index contributed by atoms with van der Waals surface area (Å²) >= 11 is 1.81. The molecule has 1 N–H and O–H groups in total. The van der Waals surface area contributed by atoms with Crippen LogP contribution in [-0.2, 0) is 9.63 Å². The topological polar surface area (TPSA) is 58.9 Å². The Morgan fingerprint density at radius 1 is 1.36 bits per heavy atom. The fraction of sp³-hybridized carbons (Fsp3) is 0.765. The van der Waals surface area contributed by atoms with Crippen molar-refractivity contribution in [3.8, 4) is 0 Å². The van der Waals surface area contributed by atoms with Crippen molar-refractivity contribution >= 4 is 23.3 Å². The maximum absolute atomic E-state index is 12.5. The quantitative estimate of drug-likeness (QED) is 0.495. The average Bonchev–Trinajstić information content (AvgIpc) is 2.44. The van der Waals surface area contributed by atoms with Gasteiger partial charge in [-0.15, -0.1) is 0 Å². The highest BCUT2D eigenvalue weighted by atomic mass is 32.2. The number of hydrogen-bond acceptors (Lipinski definition) is 5. The smallest absolute Gasteiger partial charge is 0.169 e. The Morgan fingerprint density at radius 3 is 2.64 bits per heavy atom. The zero-order valence-electron chi connectivity index (χ0n) is 14.2. The molecule has 0 aromatic carbocycles. The molecule has 4 nitrogen and oxygen atoms in total. The van der Waals surface area contributed by atoms with Crippen molar-refractivity contribution in [2.24, 2.45) is 5.16 Å². The van der Waals surface area contributed by atoms with E-state index in [4.69, 9.17) is 4.84 Å². The van der Waals surface area contributed by atoms with Gasteiger partial charge < -0.3 is 9.94 Å². The molecule has 0 fully saturated rings. The van der Waals surface area contributed by atoms with Crippen molar-refractivity contribution in [2.75, 3.05) is 6.61 Å². The van der Waals surface area contributed by atoms with Crippen LogP contribution in [-0.4, -0.2) is 33.7 Å². The van der Waals surface area contributed by atoms with Crippen LogP contribution in [0.4, 0.5) is 0 Å². The molecule has 0 aromatic rings. The van der Waals surface area contributed by atoms with Crippen LogP contribution < -0.4 is 0 Å². The fourth-order valence-electron chi connectivity index (χ4n) is 2.68. The van der Waals surface area contributed by atoms with Crippen molar-refractivity contribution < 1.29 is 14.7 Å². The van der Waals surface area contributed by atoms with E-state index in [2.05, 4.69) is 19.0 Å². The Kier molecular flexibility index (Phi) is 8.61. The summed E-state index contributed by atoms with van der Waals surface area (Å²) in [6.45, 7) is 8.69. The first-order valence-electron chi connectivity index (χ1n) is 8.33. The largest absolute Gasteiger partial charge is 0.511 e. The molecule has 126 valence electrons. The molecule has 0 spiro atoms. The molecule has 0 radical (unpaired) electrons. The van der Waals surface area contributed by atoms with E-state index in [1.165, 1.54) is 0 Å². The van der Waals surface area contributed by atoms with Gasteiger partial charge in [0, 0.05) is 23.3 Å². The van der Waals surface area contributed by atoms with Gasteiger partial charge in [0.25, 0.3) is 0 Å². The van der Waals surface area contributed by atoms with Crippen molar-refractivity contribution in [1.29, 1.82) is 0 Å². The minimum atomic E-state index is -0.00292. The van der Waals surface area contributed by atoms with Crippen LogP contribution in [0, 0.1) is 0 Å². The summed E-state index contributed by atoms with van der Waals surface area (Å²) in [6, 6.07) is 0. The zero-order valence-corrected chi connectivity index (χ0v) is 15.0. The number of aliphatic hydroxyl groups is 1. The van der Waals surface area contributed by atoms with E-state index in [0.29, 0.717) is 42.4 Å². The molecule has 5 heteroatoms. The van der Waals surface area contributed by atoms with Crippen LogP contribution >= 0.6 is 11.8 Å². The van der Waals surface area contributed by atoms with Crippen LogP contribution in [0.5, 0.6) is 0 Å². The molecule has 1 aliphatic rings. The second-order valence-electron chi connectivity index (χ2n) is 5.72. The number of allylic oxidation sites excluding steroid dienone is 2. The lowest BCUT2D eigenvalue weighted by Gasteiger charge is -2.25. The molecule has 0 aromatic heterocycles. The maximum atomic E-state index is 12.5. The second-order valence-corrected chi connectivity index (χ2v) is 7.46. The Hall–Kier alpha value is -0.970. The molecule has 2 atom stereocenters. The summed E-state index contributed by atoms with van der Waals surface area (Å²) in [5, 5.41) is 15.1. The van der Waals surface area contributed by atoms with Crippen LogP contribution in [0.3, 0.4) is 0 Å². The first-order valence-corrected chi connectivity index (χ1v) is 9.27. The number of aliphatic hydroxyl groups excluding tert-OH is 1. The van der Waals surface area contributed by atoms with Gasteiger partial charge >= 0.3 is 0 Å². The van der Waals surface area contributed by atoms with Crippen molar-refractivity contribution in [1.82, 2.24) is 0 Å². The van der Waals surface area contributed by atoms with E-state index in [1.807, 2.05) is 25.6 Å². The number of carbonyl (C=O) groups is 1. The Balaban J connectivity index is 2.85. The number of carbonyl (C=O) groups excluding carboxylic acids is 1. The molecular weight excluding hydrogens is 298 g/mol. The fourth-order valence-corrected chi connectivity index (χ4v) is 4.21. The maximum Gasteiger partial charge on any atom is 0.169 e. The lowest BCUT2D eigenvalue weighted by atomic mass is 9.91. The van der Waals surface area contributed by atoms with Crippen molar-refractivity contribution in [3.63, 3.8) is 0 Å². The molecule has 0 saturated carbocycles. The van der Waals surface area contributed by atoms with E-state index >= 15 is 0 Å². The summed E-state index contributed by atoms with van der Waals surface area (Å²) in [5.74, 6) is 0.182. The number of Topliss-reactive ketones (excluding diaryl/α,β-unsaturated/α-hetero) is 1. The molecule has 1 aliphatic carbocycles. The number of thioether (sulfide) groups is 1. The Bertz CT molecular complexity index is 432. The highest BCUT2D eigenvalue weighted by Gasteiger charge is 2.31. The Morgan fingerprint density at radius 2 is 2.09 bits per heavy atom. The predicted molar refractivity (Wildman–Crippen MR) is 93.6 cm³/mol. The summed E-state index contributed by atoms with van der Waals surface area (Å²) in [5.41, 5.74) is 0.993. The average molecular weight is 327 g/mol. The van der Waals surface area contributed by atoms with E-state index in [-0.39, 0.29) is 16.8 Å². The van der Waals surface area contributed by atoms with Crippen LogP contribution in [0.15, 0.2) is 16.5 Å². The van der Waals surface area contributed by atoms with Crippen molar-refractivity contribution in [2.45, 2.75) is 76.7 Å². The minimum Gasteiger partial charge on any atom is -0.511 e. The third-order valence-electron chi connectivity index (χ3n) is 3.60. The van der Waals surface area contributed by atoms with Gasteiger partial charge in [-0.05, 0) is 19.8 Å². The van der Waals surface area contributed by atoms with E-state index in [0.717, 1.165) is 19.3 Å². The number of nitrogens with zero attached hydrogens (tertiary/aromatic N) is 1. The number of ketones is 1. The van der Waals surface area contributed by atoms with Gasteiger partial charge in [-0.1, -0.05) is 38.8 Å². The summed E-state index contributed by atoms with van der Waals surface area (Å²) in [7, 11) is 0. The van der Waals surface area contributed by atoms with Crippen LogP contribution in [0.1, 0.15) is 66.2 Å². The highest BCUT2D eigenvalue weighted by molar-refractivity contribution is 8.00. The molecule has 2 unspecified atom stereocenters. The second kappa shape index (κ2) is 9.93. The number of oxime groups is 1. The van der Waals surface area contributed by atoms with Gasteiger partial charge in [-0.2, -0.15) is 11.8 Å². The number of rotatable bonds is 9. The third-order valence-corrected chi connectivity index (χ3v) is 5.02.